The molecule has 0 saturated heterocycles. The third kappa shape index (κ3) is 3.49. The zero-order chi connectivity index (χ0) is 14.5. The third-order valence-corrected chi connectivity index (χ3v) is 3.43. The summed E-state index contributed by atoms with van der Waals surface area (Å²) < 4.78 is 6.29. The zero-order valence-electron chi connectivity index (χ0n) is 11.5. The van der Waals surface area contributed by atoms with Crippen LogP contribution in [0.3, 0.4) is 0 Å². The minimum Gasteiger partial charge on any atom is -0.481 e. The Morgan fingerprint density at radius 3 is 2.75 bits per heavy atom. The van der Waals surface area contributed by atoms with Crippen LogP contribution in [0.25, 0.3) is 0 Å². The van der Waals surface area contributed by atoms with Gasteiger partial charge >= 0.3 is 5.97 Å². The number of rotatable bonds is 5. The van der Waals surface area contributed by atoms with Crippen molar-refractivity contribution >= 4 is 11.9 Å². The molecule has 1 aromatic rings. The number of methoxy groups -OCH3 is 1. The van der Waals surface area contributed by atoms with Crippen molar-refractivity contribution in [2.24, 2.45) is 0 Å². The van der Waals surface area contributed by atoms with Gasteiger partial charge in [-0.15, -0.1) is 0 Å². The molecule has 1 aliphatic rings. The zero-order valence-corrected chi connectivity index (χ0v) is 11.5. The van der Waals surface area contributed by atoms with Gasteiger partial charge in [0, 0.05) is 12.1 Å². The number of carboxylic acid groups (broad SMARTS) is 1. The molecule has 20 heavy (non-hydrogen) atoms. The van der Waals surface area contributed by atoms with E-state index in [1.165, 1.54) is 24.3 Å². The highest BCUT2D eigenvalue weighted by atomic mass is 16.5. The van der Waals surface area contributed by atoms with E-state index in [0.29, 0.717) is 0 Å². The minimum atomic E-state index is -1.14. The number of ether oxygens (including phenoxy) is 1. The van der Waals surface area contributed by atoms with E-state index in [1.807, 2.05) is 0 Å². The van der Waals surface area contributed by atoms with E-state index in [-0.39, 0.29) is 30.1 Å². The molecule has 0 spiro atoms. The van der Waals surface area contributed by atoms with E-state index in [2.05, 4.69) is 10.4 Å². The Morgan fingerprint density at radius 2 is 2.15 bits per heavy atom. The van der Waals surface area contributed by atoms with Crippen LogP contribution < -0.4 is 10.1 Å². The Hall–Kier alpha value is -2.05. The molecular formula is C13H19N3O4. The van der Waals surface area contributed by atoms with Gasteiger partial charge in [0.1, 0.15) is 6.54 Å². The molecule has 0 atom stereocenters. The summed E-state index contributed by atoms with van der Waals surface area (Å²) >= 11 is 0. The molecule has 1 amide bonds. The van der Waals surface area contributed by atoms with Gasteiger partial charge in [-0.25, -0.2) is 9.48 Å². The topological polar surface area (TPSA) is 93.4 Å². The molecule has 1 heterocycles. The number of aromatic nitrogens is 2. The van der Waals surface area contributed by atoms with Crippen LogP contribution in [0, 0.1) is 0 Å². The van der Waals surface area contributed by atoms with Gasteiger partial charge in [0.25, 0.3) is 0 Å². The smallest absolute Gasteiger partial charge is 0.356 e. The number of carbonyl (C=O) groups is 2. The predicted molar refractivity (Wildman–Crippen MR) is 70.8 cm³/mol. The lowest BCUT2D eigenvalue weighted by atomic mass is 9.95. The number of hydrogen-bond acceptors (Lipinski definition) is 4. The number of carbonyl (C=O) groups excluding carboxylic acids is 1. The van der Waals surface area contributed by atoms with Crippen molar-refractivity contribution in [3.05, 3.63) is 11.8 Å². The molecular weight excluding hydrogens is 262 g/mol. The lowest BCUT2D eigenvalue weighted by molar-refractivity contribution is -0.122. The SMILES string of the molecule is COc1cc(C(=O)O)nn1CC(=O)NC1CCCCC1. The van der Waals surface area contributed by atoms with Crippen molar-refractivity contribution in [2.75, 3.05) is 7.11 Å². The molecule has 2 rings (SSSR count). The summed E-state index contributed by atoms with van der Waals surface area (Å²) in [7, 11) is 1.41. The van der Waals surface area contributed by atoms with E-state index < -0.39 is 5.97 Å². The van der Waals surface area contributed by atoms with E-state index in [1.54, 1.807) is 0 Å². The Balaban J connectivity index is 1.97. The van der Waals surface area contributed by atoms with Crippen molar-refractivity contribution < 1.29 is 19.4 Å². The van der Waals surface area contributed by atoms with Crippen LogP contribution in [0.2, 0.25) is 0 Å². The maximum absolute atomic E-state index is 12.0. The van der Waals surface area contributed by atoms with Gasteiger partial charge < -0.3 is 15.2 Å². The van der Waals surface area contributed by atoms with Crippen molar-refractivity contribution in [3.63, 3.8) is 0 Å². The van der Waals surface area contributed by atoms with E-state index >= 15 is 0 Å². The molecule has 0 radical (unpaired) electrons. The fourth-order valence-electron chi connectivity index (χ4n) is 2.44. The fraction of sp³-hybridized carbons (Fsp3) is 0.615. The second-order valence-corrected chi connectivity index (χ2v) is 4.94. The molecule has 7 nitrogen and oxygen atoms in total. The molecule has 1 saturated carbocycles. The first-order chi connectivity index (χ1) is 9.60. The highest BCUT2D eigenvalue weighted by Gasteiger charge is 2.19. The lowest BCUT2D eigenvalue weighted by Crippen LogP contribution is -2.38. The van der Waals surface area contributed by atoms with Gasteiger partial charge in [0.15, 0.2) is 5.69 Å². The van der Waals surface area contributed by atoms with Crippen molar-refractivity contribution in [1.82, 2.24) is 15.1 Å². The first-order valence-corrected chi connectivity index (χ1v) is 6.74. The number of hydrogen-bond donors (Lipinski definition) is 2. The highest BCUT2D eigenvalue weighted by Crippen LogP contribution is 2.18. The van der Waals surface area contributed by atoms with E-state index in [0.717, 1.165) is 25.7 Å². The minimum absolute atomic E-state index is 0.0348. The third-order valence-electron chi connectivity index (χ3n) is 3.43. The number of nitrogens with zero attached hydrogens (tertiary/aromatic N) is 2. The van der Waals surface area contributed by atoms with E-state index in [9.17, 15) is 9.59 Å². The maximum atomic E-state index is 12.0. The molecule has 1 fully saturated rings. The number of nitrogens with one attached hydrogen (secondary N) is 1. The monoisotopic (exact) mass is 281 g/mol. The average molecular weight is 281 g/mol. The summed E-state index contributed by atoms with van der Waals surface area (Å²) in [6.45, 7) is -0.0348. The van der Waals surface area contributed by atoms with Crippen LogP contribution in [0.4, 0.5) is 0 Å². The number of aromatic carboxylic acids is 1. The standard InChI is InChI=1S/C13H19N3O4/c1-20-12-7-10(13(18)19)15-16(12)8-11(17)14-9-5-3-2-4-6-9/h7,9H,2-6,8H2,1H3,(H,14,17)(H,18,19). The predicted octanol–water partition coefficient (Wildman–Crippen LogP) is 1.04. The molecule has 1 aliphatic carbocycles. The fourth-order valence-corrected chi connectivity index (χ4v) is 2.44. The molecule has 0 aromatic carbocycles. The first-order valence-electron chi connectivity index (χ1n) is 6.74. The molecule has 1 aromatic heterocycles. The lowest BCUT2D eigenvalue weighted by Gasteiger charge is -2.22. The van der Waals surface area contributed by atoms with Crippen LogP contribution in [-0.4, -0.2) is 39.9 Å². The number of amides is 1. The van der Waals surface area contributed by atoms with E-state index in [4.69, 9.17) is 9.84 Å². The highest BCUT2D eigenvalue weighted by molar-refractivity contribution is 5.85. The van der Waals surface area contributed by atoms with Gasteiger partial charge in [0.05, 0.1) is 7.11 Å². The molecule has 7 heteroatoms. The summed E-state index contributed by atoms with van der Waals surface area (Å²) in [5.74, 6) is -1.05. The molecule has 110 valence electrons. The molecule has 0 unspecified atom stereocenters. The Kier molecular flexibility index (Phi) is 4.60. The van der Waals surface area contributed by atoms with Crippen molar-refractivity contribution in [3.8, 4) is 5.88 Å². The summed E-state index contributed by atoms with van der Waals surface area (Å²) in [4.78, 5) is 22.8. The molecule has 0 bridgehead atoms. The maximum Gasteiger partial charge on any atom is 0.356 e. The van der Waals surface area contributed by atoms with Gasteiger partial charge in [-0.05, 0) is 12.8 Å². The van der Waals surface area contributed by atoms with Crippen LogP contribution in [-0.2, 0) is 11.3 Å². The normalized spacial score (nSPS) is 15.8. The summed E-state index contributed by atoms with van der Waals surface area (Å²) in [5, 5.41) is 15.7. The van der Waals surface area contributed by atoms with Crippen LogP contribution in [0.5, 0.6) is 5.88 Å². The quantitative estimate of drug-likeness (QED) is 0.841. The van der Waals surface area contributed by atoms with Gasteiger partial charge in [-0.3, -0.25) is 4.79 Å². The Labute approximate surface area is 116 Å². The largest absolute Gasteiger partial charge is 0.481 e. The van der Waals surface area contributed by atoms with Crippen LogP contribution >= 0.6 is 0 Å². The van der Waals surface area contributed by atoms with Gasteiger partial charge in [0.2, 0.25) is 11.8 Å². The second-order valence-electron chi connectivity index (χ2n) is 4.94. The first kappa shape index (κ1) is 14.4. The molecule has 2 N–H and O–H groups in total. The average Bonchev–Trinajstić information content (AvgIpc) is 2.83. The summed E-state index contributed by atoms with van der Waals surface area (Å²) in [6.07, 6.45) is 5.50. The van der Waals surface area contributed by atoms with Gasteiger partial charge in [-0.2, -0.15) is 5.10 Å². The van der Waals surface area contributed by atoms with Crippen molar-refractivity contribution in [1.29, 1.82) is 0 Å². The summed E-state index contributed by atoms with van der Waals surface area (Å²) in [6, 6.07) is 1.52. The summed E-state index contributed by atoms with van der Waals surface area (Å²) in [5.41, 5.74) is -0.132. The molecule has 0 aliphatic heterocycles. The van der Waals surface area contributed by atoms with Crippen LogP contribution in [0.15, 0.2) is 6.07 Å². The van der Waals surface area contributed by atoms with Gasteiger partial charge in [-0.1, -0.05) is 19.3 Å². The van der Waals surface area contributed by atoms with Crippen molar-refractivity contribution in [2.45, 2.75) is 44.7 Å². The second kappa shape index (κ2) is 6.40. The Morgan fingerprint density at radius 1 is 1.45 bits per heavy atom. The number of carboxylic acids is 1. The Bertz CT molecular complexity index is 492. The van der Waals surface area contributed by atoms with Crippen LogP contribution in [0.1, 0.15) is 42.6 Å².